The normalized spacial score (nSPS) is 28.2. The summed E-state index contributed by atoms with van der Waals surface area (Å²) in [4.78, 5) is 2.55. The van der Waals surface area contributed by atoms with Crippen molar-refractivity contribution in [2.75, 3.05) is 19.6 Å². The Labute approximate surface area is 87.4 Å². The molecular formula is C12H22N2. The monoisotopic (exact) mass is 194 g/mol. The highest BCUT2D eigenvalue weighted by atomic mass is 15.2. The van der Waals surface area contributed by atoms with Gasteiger partial charge in [0.05, 0.1) is 0 Å². The van der Waals surface area contributed by atoms with Crippen LogP contribution in [0, 0.1) is 0 Å². The van der Waals surface area contributed by atoms with Gasteiger partial charge in [-0.15, -0.1) is 0 Å². The Balaban J connectivity index is 1.64. The highest BCUT2D eigenvalue weighted by Crippen LogP contribution is 2.20. The van der Waals surface area contributed by atoms with E-state index in [0.29, 0.717) is 0 Å². The first-order valence-corrected chi connectivity index (χ1v) is 5.90. The Bertz CT molecular complexity index is 208. The molecule has 0 bridgehead atoms. The lowest BCUT2D eigenvalue weighted by Gasteiger charge is -2.22. The summed E-state index contributed by atoms with van der Waals surface area (Å²) < 4.78 is 0. The van der Waals surface area contributed by atoms with E-state index in [1.807, 2.05) is 0 Å². The van der Waals surface area contributed by atoms with Crippen LogP contribution in [0.1, 0.15) is 32.6 Å². The van der Waals surface area contributed by atoms with Gasteiger partial charge in [-0.3, -0.25) is 4.90 Å². The summed E-state index contributed by atoms with van der Waals surface area (Å²) in [5.74, 6) is 0. The van der Waals surface area contributed by atoms with Gasteiger partial charge in [0.25, 0.3) is 0 Å². The number of hydrogen-bond donors (Lipinski definition) is 1. The minimum absolute atomic E-state index is 0.771. The maximum absolute atomic E-state index is 4.15. The molecule has 2 rings (SSSR count). The first-order valence-electron chi connectivity index (χ1n) is 5.90. The molecular weight excluding hydrogens is 172 g/mol. The summed E-state index contributed by atoms with van der Waals surface area (Å²) in [6.07, 6.45) is 5.47. The molecule has 2 heteroatoms. The molecule has 2 nitrogen and oxygen atoms in total. The Kier molecular flexibility index (Phi) is 3.24. The van der Waals surface area contributed by atoms with Gasteiger partial charge in [0.2, 0.25) is 0 Å². The molecule has 0 aromatic heterocycles. The first kappa shape index (κ1) is 10.2. The van der Waals surface area contributed by atoms with Crippen molar-refractivity contribution in [2.24, 2.45) is 0 Å². The number of hydrogen-bond acceptors (Lipinski definition) is 2. The minimum atomic E-state index is 0.771. The quantitative estimate of drug-likeness (QED) is 0.671. The third-order valence-electron chi connectivity index (χ3n) is 3.34. The lowest BCUT2D eigenvalue weighted by molar-refractivity contribution is 0.289. The molecule has 1 saturated carbocycles. The van der Waals surface area contributed by atoms with Gasteiger partial charge in [-0.05, 0) is 44.7 Å². The van der Waals surface area contributed by atoms with Gasteiger partial charge >= 0.3 is 0 Å². The predicted octanol–water partition coefficient (Wildman–Crippen LogP) is 1.78. The molecule has 0 radical (unpaired) electrons. The largest absolute Gasteiger partial charge is 0.310 e. The molecule has 0 amide bonds. The van der Waals surface area contributed by atoms with E-state index in [9.17, 15) is 0 Å². The van der Waals surface area contributed by atoms with Gasteiger partial charge in [-0.2, -0.15) is 0 Å². The molecule has 80 valence electrons. The summed E-state index contributed by atoms with van der Waals surface area (Å²) in [6.45, 7) is 9.86. The van der Waals surface area contributed by atoms with Crippen molar-refractivity contribution in [1.29, 1.82) is 0 Å². The third kappa shape index (κ3) is 2.82. The van der Waals surface area contributed by atoms with Crippen LogP contribution in [0.5, 0.6) is 0 Å². The van der Waals surface area contributed by atoms with Crippen molar-refractivity contribution in [1.82, 2.24) is 10.2 Å². The van der Waals surface area contributed by atoms with Crippen LogP contribution in [0.15, 0.2) is 12.2 Å². The minimum Gasteiger partial charge on any atom is -0.310 e. The smallest absolute Gasteiger partial charge is 0.0205 e. The Hall–Kier alpha value is -0.340. The van der Waals surface area contributed by atoms with Crippen molar-refractivity contribution in [2.45, 2.75) is 44.7 Å². The van der Waals surface area contributed by atoms with Gasteiger partial charge in [0.15, 0.2) is 0 Å². The molecule has 0 aromatic carbocycles. The second-order valence-electron chi connectivity index (χ2n) is 4.87. The Morgan fingerprint density at radius 1 is 1.43 bits per heavy atom. The zero-order chi connectivity index (χ0) is 9.97. The summed E-state index contributed by atoms with van der Waals surface area (Å²) in [6, 6.07) is 1.58. The number of nitrogens with one attached hydrogen (secondary N) is 1. The first-order chi connectivity index (χ1) is 6.75. The van der Waals surface area contributed by atoms with E-state index in [4.69, 9.17) is 0 Å². The third-order valence-corrected chi connectivity index (χ3v) is 3.34. The van der Waals surface area contributed by atoms with Gasteiger partial charge < -0.3 is 5.32 Å². The fraction of sp³-hybridized carbons (Fsp3) is 0.833. The predicted molar refractivity (Wildman–Crippen MR) is 60.4 cm³/mol. The highest BCUT2D eigenvalue weighted by Gasteiger charge is 2.22. The summed E-state index contributed by atoms with van der Waals surface area (Å²) in [5, 5.41) is 3.52. The zero-order valence-electron chi connectivity index (χ0n) is 9.26. The molecule has 1 saturated heterocycles. The molecule has 1 N–H and O–H groups in total. The molecule has 2 aliphatic rings. The van der Waals surface area contributed by atoms with Crippen molar-refractivity contribution in [3.8, 4) is 0 Å². The van der Waals surface area contributed by atoms with Crippen molar-refractivity contribution < 1.29 is 0 Å². The van der Waals surface area contributed by atoms with E-state index >= 15 is 0 Å². The second-order valence-corrected chi connectivity index (χ2v) is 4.87. The number of likely N-dealkylation sites (tertiary alicyclic amines) is 1. The molecule has 1 aliphatic carbocycles. The lowest BCUT2D eigenvalue weighted by atomic mass is 10.2. The van der Waals surface area contributed by atoms with Crippen molar-refractivity contribution >= 4 is 0 Å². The number of rotatable bonds is 5. The Morgan fingerprint density at radius 2 is 2.21 bits per heavy atom. The highest BCUT2D eigenvalue weighted by molar-refractivity contribution is 5.03. The van der Waals surface area contributed by atoms with Gasteiger partial charge in [-0.25, -0.2) is 0 Å². The van der Waals surface area contributed by atoms with Crippen LogP contribution in [0.3, 0.4) is 0 Å². The SMILES string of the molecule is C=C(CNC1CC1)CN1CCCC1C. The molecule has 1 unspecified atom stereocenters. The van der Waals surface area contributed by atoms with Crippen LogP contribution >= 0.6 is 0 Å². The van der Waals surface area contributed by atoms with E-state index in [2.05, 4.69) is 23.7 Å². The maximum Gasteiger partial charge on any atom is 0.0205 e. The fourth-order valence-corrected chi connectivity index (χ4v) is 2.15. The van der Waals surface area contributed by atoms with E-state index in [0.717, 1.165) is 25.2 Å². The van der Waals surface area contributed by atoms with E-state index in [1.165, 1.54) is 37.8 Å². The van der Waals surface area contributed by atoms with Crippen LogP contribution in [0.2, 0.25) is 0 Å². The topological polar surface area (TPSA) is 15.3 Å². The lowest BCUT2D eigenvalue weighted by Crippen LogP contribution is -2.31. The molecule has 1 aliphatic heterocycles. The standard InChI is InChI=1S/C12H22N2/c1-10(8-13-12-5-6-12)9-14-7-3-4-11(14)2/h11-13H,1,3-9H2,2H3. The molecule has 0 aromatic rings. The van der Waals surface area contributed by atoms with Crippen LogP contribution in [-0.2, 0) is 0 Å². The van der Waals surface area contributed by atoms with Gasteiger partial charge in [0.1, 0.15) is 0 Å². The van der Waals surface area contributed by atoms with Crippen LogP contribution < -0.4 is 5.32 Å². The van der Waals surface area contributed by atoms with Crippen LogP contribution in [0.25, 0.3) is 0 Å². The van der Waals surface area contributed by atoms with Crippen LogP contribution in [0.4, 0.5) is 0 Å². The van der Waals surface area contributed by atoms with E-state index in [-0.39, 0.29) is 0 Å². The zero-order valence-corrected chi connectivity index (χ0v) is 9.26. The molecule has 2 fully saturated rings. The summed E-state index contributed by atoms with van der Waals surface area (Å²) in [7, 11) is 0. The van der Waals surface area contributed by atoms with E-state index < -0.39 is 0 Å². The molecule has 14 heavy (non-hydrogen) atoms. The second kappa shape index (κ2) is 4.45. The average Bonchev–Trinajstić information content (AvgIpc) is 2.90. The van der Waals surface area contributed by atoms with Crippen LogP contribution in [-0.4, -0.2) is 36.6 Å². The fourth-order valence-electron chi connectivity index (χ4n) is 2.15. The molecule has 1 heterocycles. The van der Waals surface area contributed by atoms with Crippen molar-refractivity contribution in [3.63, 3.8) is 0 Å². The summed E-state index contributed by atoms with van der Waals surface area (Å²) in [5.41, 5.74) is 1.35. The van der Waals surface area contributed by atoms with Crippen molar-refractivity contribution in [3.05, 3.63) is 12.2 Å². The average molecular weight is 194 g/mol. The van der Waals surface area contributed by atoms with Gasteiger partial charge in [-0.1, -0.05) is 6.58 Å². The summed E-state index contributed by atoms with van der Waals surface area (Å²) >= 11 is 0. The Morgan fingerprint density at radius 3 is 2.79 bits per heavy atom. The van der Waals surface area contributed by atoms with Gasteiger partial charge in [0, 0.05) is 25.2 Å². The maximum atomic E-state index is 4.15. The molecule has 1 atom stereocenters. The molecule has 0 spiro atoms. The number of nitrogens with zero attached hydrogens (tertiary/aromatic N) is 1. The van der Waals surface area contributed by atoms with E-state index in [1.54, 1.807) is 0 Å².